The minimum Gasteiger partial charge on any atom is -0.493 e. The molecule has 0 unspecified atom stereocenters. The van der Waals surface area contributed by atoms with Gasteiger partial charge in [-0.25, -0.2) is 9.18 Å². The molecule has 29 heavy (non-hydrogen) atoms. The van der Waals surface area contributed by atoms with Gasteiger partial charge in [0.25, 0.3) is 5.91 Å². The van der Waals surface area contributed by atoms with E-state index in [1.165, 1.54) is 49.6 Å². The van der Waals surface area contributed by atoms with Crippen LogP contribution in [0.5, 0.6) is 11.5 Å². The third kappa shape index (κ3) is 4.16. The van der Waals surface area contributed by atoms with Gasteiger partial charge in [-0.15, -0.1) is 0 Å². The highest BCUT2D eigenvalue weighted by atomic mass is 19.1. The van der Waals surface area contributed by atoms with Gasteiger partial charge in [0.2, 0.25) is 0 Å². The molecule has 2 aromatic rings. The first-order chi connectivity index (χ1) is 13.8. The number of ether oxygens (including phenoxy) is 2. The summed E-state index contributed by atoms with van der Waals surface area (Å²) >= 11 is 0. The fraction of sp³-hybridized carbons (Fsp3) is 0.238. The number of benzene rings is 2. The number of carbonyl (C=O) groups excluding carboxylic acids is 2. The first-order valence-electron chi connectivity index (χ1n) is 8.88. The Morgan fingerprint density at radius 1 is 1.14 bits per heavy atom. The van der Waals surface area contributed by atoms with Crippen molar-refractivity contribution in [1.82, 2.24) is 10.2 Å². The van der Waals surface area contributed by atoms with Crippen LogP contribution in [0.15, 0.2) is 48.2 Å². The molecule has 152 valence electrons. The molecule has 2 aromatic carbocycles. The van der Waals surface area contributed by atoms with Gasteiger partial charge >= 0.3 is 6.03 Å². The van der Waals surface area contributed by atoms with E-state index in [9.17, 15) is 14.0 Å². The number of nitrogens with one attached hydrogen (secondary N) is 2. The molecule has 0 aromatic heterocycles. The van der Waals surface area contributed by atoms with Crippen LogP contribution in [-0.2, 0) is 4.79 Å². The highest BCUT2D eigenvalue weighted by molar-refractivity contribution is 6.06. The maximum absolute atomic E-state index is 13.3. The van der Waals surface area contributed by atoms with Gasteiger partial charge in [-0.2, -0.15) is 0 Å². The van der Waals surface area contributed by atoms with Crippen molar-refractivity contribution in [1.29, 1.82) is 0 Å². The van der Waals surface area contributed by atoms with Crippen LogP contribution in [0.4, 0.5) is 14.9 Å². The van der Waals surface area contributed by atoms with Crippen molar-refractivity contribution in [3.63, 3.8) is 0 Å². The molecule has 3 amide bonds. The number of carbonyl (C=O) groups is 2. The van der Waals surface area contributed by atoms with Crippen LogP contribution >= 0.6 is 0 Å². The monoisotopic (exact) mass is 399 g/mol. The highest BCUT2D eigenvalue weighted by Crippen LogP contribution is 2.34. The molecule has 1 aliphatic heterocycles. The Morgan fingerprint density at radius 3 is 2.38 bits per heavy atom. The summed E-state index contributed by atoms with van der Waals surface area (Å²) in [6, 6.07) is 8.00. The van der Waals surface area contributed by atoms with E-state index in [0.717, 1.165) is 5.56 Å². The Kier molecular flexibility index (Phi) is 5.72. The van der Waals surface area contributed by atoms with Crippen LogP contribution < -0.4 is 20.1 Å². The quantitative estimate of drug-likeness (QED) is 0.808. The largest absolute Gasteiger partial charge is 0.493 e. The van der Waals surface area contributed by atoms with Crippen molar-refractivity contribution in [2.24, 2.45) is 0 Å². The Bertz CT molecular complexity index is 973. The lowest BCUT2D eigenvalue weighted by atomic mass is 9.97. The third-order valence-corrected chi connectivity index (χ3v) is 4.68. The number of aryl methyl sites for hydroxylation is 1. The number of rotatable bonds is 5. The lowest BCUT2D eigenvalue weighted by Gasteiger charge is -2.30. The summed E-state index contributed by atoms with van der Waals surface area (Å²) in [5.74, 6) is 0.230. The van der Waals surface area contributed by atoms with Crippen molar-refractivity contribution < 1.29 is 23.5 Å². The standard InChI is InChI=1S/C21H22FN3O4/c1-12-9-17(28-3)18(29-4)10-16(12)23-20(26)15-11-25(2)21(27)24-19(15)13-5-7-14(22)8-6-13/h5-11,19H,1-4H3,(H,23,26)(H,24,27)/t19-/m0/s1. The lowest BCUT2D eigenvalue weighted by Crippen LogP contribution is -2.44. The van der Waals surface area contributed by atoms with Crippen LogP contribution in [-0.4, -0.2) is 38.1 Å². The average Bonchev–Trinajstić information content (AvgIpc) is 2.71. The Morgan fingerprint density at radius 2 is 1.76 bits per heavy atom. The second kappa shape index (κ2) is 8.22. The fourth-order valence-corrected chi connectivity index (χ4v) is 3.06. The molecule has 0 bridgehead atoms. The predicted molar refractivity (Wildman–Crippen MR) is 106 cm³/mol. The van der Waals surface area contributed by atoms with E-state index >= 15 is 0 Å². The van der Waals surface area contributed by atoms with Gasteiger partial charge in [0.05, 0.1) is 25.8 Å². The smallest absolute Gasteiger partial charge is 0.321 e. The Balaban J connectivity index is 1.94. The summed E-state index contributed by atoms with van der Waals surface area (Å²) in [5.41, 5.74) is 2.24. The topological polar surface area (TPSA) is 79.9 Å². The number of hydrogen-bond acceptors (Lipinski definition) is 4. The van der Waals surface area contributed by atoms with Crippen molar-refractivity contribution in [2.45, 2.75) is 13.0 Å². The maximum atomic E-state index is 13.3. The van der Waals surface area contributed by atoms with E-state index in [4.69, 9.17) is 9.47 Å². The Hall–Kier alpha value is -3.55. The Labute approximate surface area is 168 Å². The molecule has 1 aliphatic rings. The van der Waals surface area contributed by atoms with Crippen LogP contribution in [0, 0.1) is 12.7 Å². The van der Waals surface area contributed by atoms with Gasteiger partial charge in [0.1, 0.15) is 5.82 Å². The van der Waals surface area contributed by atoms with E-state index in [1.807, 2.05) is 6.92 Å². The average molecular weight is 399 g/mol. The normalized spacial score (nSPS) is 16.0. The molecule has 0 aliphatic carbocycles. The molecule has 1 atom stereocenters. The van der Waals surface area contributed by atoms with E-state index in [-0.39, 0.29) is 6.03 Å². The molecule has 2 N–H and O–H groups in total. The molecule has 0 saturated heterocycles. The zero-order chi connectivity index (χ0) is 21.1. The zero-order valence-electron chi connectivity index (χ0n) is 16.6. The number of hydrogen-bond donors (Lipinski definition) is 2. The number of urea groups is 1. The lowest BCUT2D eigenvalue weighted by molar-refractivity contribution is -0.113. The van der Waals surface area contributed by atoms with Crippen molar-refractivity contribution in [3.8, 4) is 11.5 Å². The molecule has 8 heteroatoms. The maximum Gasteiger partial charge on any atom is 0.321 e. The van der Waals surface area contributed by atoms with E-state index < -0.39 is 17.8 Å². The van der Waals surface area contributed by atoms with Crippen molar-refractivity contribution >= 4 is 17.6 Å². The molecular weight excluding hydrogens is 377 g/mol. The molecule has 1 heterocycles. The number of amides is 3. The summed E-state index contributed by atoms with van der Waals surface area (Å²) in [6.07, 6.45) is 1.47. The van der Waals surface area contributed by atoms with Crippen LogP contribution in [0.1, 0.15) is 17.2 Å². The van der Waals surface area contributed by atoms with Gasteiger partial charge in [0, 0.05) is 25.0 Å². The third-order valence-electron chi connectivity index (χ3n) is 4.68. The molecule has 0 saturated carbocycles. The van der Waals surface area contributed by atoms with Crippen molar-refractivity contribution in [3.05, 3.63) is 65.1 Å². The summed E-state index contributed by atoms with van der Waals surface area (Å²) < 4.78 is 23.9. The molecule has 0 radical (unpaired) electrons. The second-order valence-corrected chi connectivity index (χ2v) is 6.61. The van der Waals surface area contributed by atoms with Gasteiger partial charge < -0.3 is 25.0 Å². The zero-order valence-corrected chi connectivity index (χ0v) is 16.6. The van der Waals surface area contributed by atoms with E-state index in [2.05, 4.69) is 10.6 Å². The molecule has 0 spiro atoms. The molecular formula is C21H22FN3O4. The minimum atomic E-state index is -0.709. The van der Waals surface area contributed by atoms with Gasteiger partial charge in [-0.3, -0.25) is 4.79 Å². The summed E-state index contributed by atoms with van der Waals surface area (Å²) in [6.45, 7) is 1.83. The summed E-state index contributed by atoms with van der Waals surface area (Å²) in [7, 11) is 4.59. The van der Waals surface area contributed by atoms with Crippen LogP contribution in [0.25, 0.3) is 0 Å². The number of halogens is 1. The molecule has 3 rings (SSSR count). The molecule has 0 fully saturated rings. The van der Waals surface area contributed by atoms with Crippen molar-refractivity contribution in [2.75, 3.05) is 26.6 Å². The number of methoxy groups -OCH3 is 2. The second-order valence-electron chi connectivity index (χ2n) is 6.61. The minimum absolute atomic E-state index is 0.313. The number of anilines is 1. The van der Waals surface area contributed by atoms with Gasteiger partial charge in [-0.05, 0) is 36.2 Å². The first kappa shape index (κ1) is 20.2. The van der Waals surface area contributed by atoms with Gasteiger partial charge in [-0.1, -0.05) is 12.1 Å². The SMILES string of the molecule is COc1cc(C)c(NC(=O)C2=CN(C)C(=O)N[C@H]2c2ccc(F)cc2)cc1OC. The highest BCUT2D eigenvalue weighted by Gasteiger charge is 2.30. The summed E-state index contributed by atoms with van der Waals surface area (Å²) in [4.78, 5) is 26.5. The summed E-state index contributed by atoms with van der Waals surface area (Å²) in [5, 5.41) is 5.62. The van der Waals surface area contributed by atoms with E-state index in [0.29, 0.717) is 28.3 Å². The van der Waals surface area contributed by atoms with Crippen LogP contribution in [0.2, 0.25) is 0 Å². The number of nitrogens with zero attached hydrogens (tertiary/aromatic N) is 1. The van der Waals surface area contributed by atoms with Crippen LogP contribution in [0.3, 0.4) is 0 Å². The van der Waals surface area contributed by atoms with E-state index in [1.54, 1.807) is 19.2 Å². The van der Waals surface area contributed by atoms with Gasteiger partial charge in [0.15, 0.2) is 11.5 Å². The fourth-order valence-electron chi connectivity index (χ4n) is 3.06. The predicted octanol–water partition coefficient (Wildman–Crippen LogP) is 3.37. The first-order valence-corrected chi connectivity index (χ1v) is 8.88. The molecule has 7 nitrogen and oxygen atoms in total.